The van der Waals surface area contributed by atoms with Crippen LogP contribution in [0.15, 0.2) is 36.7 Å². The summed E-state index contributed by atoms with van der Waals surface area (Å²) < 4.78 is 1.59. The molecule has 0 saturated heterocycles. The minimum atomic E-state index is 0.532. The number of carbonyl (C=O) groups is 1. The van der Waals surface area contributed by atoms with Gasteiger partial charge in [0.15, 0.2) is 12.0 Å². The van der Waals surface area contributed by atoms with Crippen molar-refractivity contribution >= 4 is 12.0 Å². The number of rotatable bonds is 2. The van der Waals surface area contributed by atoms with Crippen LogP contribution in [0.5, 0.6) is 0 Å². The second kappa shape index (κ2) is 3.76. The van der Waals surface area contributed by atoms with Gasteiger partial charge in [-0.2, -0.15) is 5.10 Å². The van der Waals surface area contributed by atoms with Gasteiger partial charge in [-0.3, -0.25) is 4.79 Å². The fourth-order valence-electron chi connectivity index (χ4n) is 1.22. The van der Waals surface area contributed by atoms with E-state index in [-0.39, 0.29) is 0 Å². The van der Waals surface area contributed by atoms with Crippen molar-refractivity contribution in [3.05, 3.63) is 53.6 Å². The van der Waals surface area contributed by atoms with Crippen LogP contribution in [0.2, 0.25) is 0 Å². The second-order valence-corrected chi connectivity index (χ2v) is 2.96. The molecule has 0 spiro atoms. The van der Waals surface area contributed by atoms with E-state index in [4.69, 9.17) is 6.57 Å². The van der Waals surface area contributed by atoms with Crippen molar-refractivity contribution in [1.29, 1.82) is 0 Å². The molecule has 0 bridgehead atoms. The van der Waals surface area contributed by atoms with Crippen LogP contribution >= 0.6 is 0 Å². The standard InChI is InChI=1S/C11H7N3O/c1-12-10-2-4-11(5-3-10)14-7-9(8-15)6-13-14/h2-8H. The Morgan fingerprint density at radius 2 is 2.07 bits per heavy atom. The first-order valence-corrected chi connectivity index (χ1v) is 4.31. The van der Waals surface area contributed by atoms with Gasteiger partial charge in [0.05, 0.1) is 24.0 Å². The third-order valence-electron chi connectivity index (χ3n) is 1.98. The Morgan fingerprint density at radius 3 is 2.60 bits per heavy atom. The predicted molar refractivity (Wildman–Crippen MR) is 55.2 cm³/mol. The maximum atomic E-state index is 10.5. The Morgan fingerprint density at radius 1 is 1.33 bits per heavy atom. The first kappa shape index (κ1) is 9.16. The van der Waals surface area contributed by atoms with E-state index in [1.807, 2.05) is 0 Å². The molecule has 0 N–H and O–H groups in total. The van der Waals surface area contributed by atoms with Crippen molar-refractivity contribution < 1.29 is 4.79 Å². The molecule has 4 heteroatoms. The van der Waals surface area contributed by atoms with Crippen molar-refractivity contribution in [3.63, 3.8) is 0 Å². The average molecular weight is 197 g/mol. The molecule has 0 unspecified atom stereocenters. The van der Waals surface area contributed by atoms with Gasteiger partial charge in [-0.25, -0.2) is 9.53 Å². The molecular formula is C11H7N3O. The number of benzene rings is 1. The maximum absolute atomic E-state index is 10.5. The Labute approximate surface area is 86.6 Å². The summed E-state index contributed by atoms with van der Waals surface area (Å²) in [5, 5.41) is 4.02. The van der Waals surface area contributed by atoms with Gasteiger partial charge in [0.2, 0.25) is 0 Å². The number of hydrogen-bond acceptors (Lipinski definition) is 2. The lowest BCUT2D eigenvalue weighted by molar-refractivity contribution is 0.112. The number of nitrogens with zero attached hydrogens (tertiary/aromatic N) is 3. The molecule has 0 aliphatic carbocycles. The first-order valence-electron chi connectivity index (χ1n) is 4.31. The van der Waals surface area contributed by atoms with Gasteiger partial charge < -0.3 is 0 Å². The van der Waals surface area contributed by atoms with Gasteiger partial charge in [0.25, 0.3) is 0 Å². The van der Waals surface area contributed by atoms with Crippen molar-refractivity contribution in [3.8, 4) is 5.69 Å². The highest BCUT2D eigenvalue weighted by molar-refractivity contribution is 5.73. The maximum Gasteiger partial charge on any atom is 0.187 e. The van der Waals surface area contributed by atoms with Gasteiger partial charge >= 0.3 is 0 Å². The highest BCUT2D eigenvalue weighted by Crippen LogP contribution is 2.15. The van der Waals surface area contributed by atoms with Gasteiger partial charge in [-0.1, -0.05) is 12.1 Å². The van der Waals surface area contributed by atoms with E-state index in [2.05, 4.69) is 9.94 Å². The van der Waals surface area contributed by atoms with Crippen molar-refractivity contribution in [2.45, 2.75) is 0 Å². The van der Waals surface area contributed by atoms with Crippen LogP contribution in [-0.4, -0.2) is 16.1 Å². The quantitative estimate of drug-likeness (QED) is 0.547. The zero-order valence-electron chi connectivity index (χ0n) is 7.79. The van der Waals surface area contributed by atoms with Crippen molar-refractivity contribution in [1.82, 2.24) is 9.78 Å². The number of hydrogen-bond donors (Lipinski definition) is 0. The van der Waals surface area contributed by atoms with E-state index in [9.17, 15) is 4.79 Å². The summed E-state index contributed by atoms with van der Waals surface area (Å²) >= 11 is 0. The molecule has 15 heavy (non-hydrogen) atoms. The molecule has 2 aromatic rings. The lowest BCUT2D eigenvalue weighted by Crippen LogP contribution is -1.92. The minimum Gasteiger partial charge on any atom is -0.298 e. The van der Waals surface area contributed by atoms with E-state index in [1.165, 1.54) is 6.20 Å². The topological polar surface area (TPSA) is 39.2 Å². The molecule has 0 atom stereocenters. The molecule has 1 heterocycles. The zero-order valence-corrected chi connectivity index (χ0v) is 7.79. The van der Waals surface area contributed by atoms with Crippen molar-refractivity contribution in [2.24, 2.45) is 0 Å². The lowest BCUT2D eigenvalue weighted by Gasteiger charge is -1.99. The Kier molecular flexibility index (Phi) is 2.30. The summed E-state index contributed by atoms with van der Waals surface area (Å²) in [5.41, 5.74) is 1.95. The molecule has 1 aromatic heterocycles. The summed E-state index contributed by atoms with van der Waals surface area (Å²) in [6, 6.07) is 7.00. The second-order valence-electron chi connectivity index (χ2n) is 2.96. The molecule has 0 aliphatic rings. The van der Waals surface area contributed by atoms with Gasteiger partial charge in [0.1, 0.15) is 0 Å². The Hall–Kier alpha value is -2.41. The van der Waals surface area contributed by atoms with Crippen LogP contribution in [0.1, 0.15) is 10.4 Å². The van der Waals surface area contributed by atoms with E-state index in [0.717, 1.165) is 12.0 Å². The minimum absolute atomic E-state index is 0.532. The molecule has 1 aromatic carbocycles. The first-order chi connectivity index (χ1) is 7.33. The van der Waals surface area contributed by atoms with Gasteiger partial charge in [0, 0.05) is 6.20 Å². The molecule has 72 valence electrons. The van der Waals surface area contributed by atoms with Crippen LogP contribution in [0.25, 0.3) is 10.5 Å². The summed E-state index contributed by atoms with van der Waals surface area (Å²) in [7, 11) is 0. The van der Waals surface area contributed by atoms with E-state index in [0.29, 0.717) is 11.3 Å². The third-order valence-corrected chi connectivity index (χ3v) is 1.98. The lowest BCUT2D eigenvalue weighted by atomic mass is 10.3. The Balaban J connectivity index is 2.37. The third kappa shape index (κ3) is 1.76. The summed E-state index contributed by atoms with van der Waals surface area (Å²) in [6.07, 6.45) is 3.88. The summed E-state index contributed by atoms with van der Waals surface area (Å²) in [5.74, 6) is 0. The molecule has 0 saturated carbocycles. The molecule has 2 rings (SSSR count). The number of carbonyl (C=O) groups excluding carboxylic acids is 1. The van der Waals surface area contributed by atoms with Crippen LogP contribution in [0, 0.1) is 6.57 Å². The van der Waals surface area contributed by atoms with Gasteiger partial charge in [-0.15, -0.1) is 0 Å². The average Bonchev–Trinajstić information content (AvgIpc) is 2.78. The van der Waals surface area contributed by atoms with Crippen LogP contribution in [-0.2, 0) is 0 Å². The van der Waals surface area contributed by atoms with Crippen LogP contribution in [0.3, 0.4) is 0 Å². The van der Waals surface area contributed by atoms with E-state index in [1.54, 1.807) is 35.1 Å². The molecule has 0 fully saturated rings. The fourth-order valence-corrected chi connectivity index (χ4v) is 1.22. The van der Waals surface area contributed by atoms with E-state index < -0.39 is 0 Å². The molecular weight excluding hydrogens is 190 g/mol. The SMILES string of the molecule is [C-]#[N+]c1ccc(-n2cc(C=O)cn2)cc1. The molecule has 0 aliphatic heterocycles. The largest absolute Gasteiger partial charge is 0.298 e. The normalized spacial score (nSPS) is 9.53. The Bertz CT molecular complexity index is 520. The van der Waals surface area contributed by atoms with Crippen molar-refractivity contribution in [2.75, 3.05) is 0 Å². The fraction of sp³-hybridized carbons (Fsp3) is 0. The zero-order chi connectivity index (χ0) is 10.7. The molecule has 0 amide bonds. The predicted octanol–water partition coefficient (Wildman–Crippen LogP) is 2.24. The number of aldehydes is 1. The van der Waals surface area contributed by atoms with Crippen LogP contribution in [0.4, 0.5) is 5.69 Å². The molecule has 0 radical (unpaired) electrons. The van der Waals surface area contributed by atoms with Crippen LogP contribution < -0.4 is 0 Å². The highest BCUT2D eigenvalue weighted by atomic mass is 16.1. The highest BCUT2D eigenvalue weighted by Gasteiger charge is 1.99. The monoisotopic (exact) mass is 197 g/mol. The smallest absolute Gasteiger partial charge is 0.187 e. The number of aromatic nitrogens is 2. The van der Waals surface area contributed by atoms with Gasteiger partial charge in [-0.05, 0) is 12.1 Å². The van der Waals surface area contributed by atoms with E-state index >= 15 is 0 Å². The molecule has 4 nitrogen and oxygen atoms in total. The summed E-state index contributed by atoms with van der Waals surface area (Å²) in [4.78, 5) is 13.7. The summed E-state index contributed by atoms with van der Waals surface area (Å²) in [6.45, 7) is 6.81.